The average Bonchev–Trinajstić information content (AvgIpc) is 2.49. The van der Waals surface area contributed by atoms with Crippen LogP contribution in [0.2, 0.25) is 0 Å². The van der Waals surface area contributed by atoms with Crippen molar-refractivity contribution in [3.63, 3.8) is 0 Å². The lowest BCUT2D eigenvalue weighted by atomic mass is 9.69. The van der Waals surface area contributed by atoms with Crippen LogP contribution in [-0.4, -0.2) is 38.1 Å². The smallest absolute Gasteiger partial charge is 0.0129 e. The molecule has 94 valence electrons. The molecule has 0 spiro atoms. The van der Waals surface area contributed by atoms with Crippen LogP contribution in [-0.2, 0) is 0 Å². The highest BCUT2D eigenvalue weighted by Crippen LogP contribution is 2.65. The molecule has 3 atom stereocenters. The Morgan fingerprint density at radius 2 is 1.94 bits per heavy atom. The molecule has 0 saturated heterocycles. The van der Waals surface area contributed by atoms with Gasteiger partial charge in [0.15, 0.2) is 0 Å². The molecule has 16 heavy (non-hydrogen) atoms. The Hall–Kier alpha value is -0.0800. The van der Waals surface area contributed by atoms with Crippen molar-refractivity contribution in [2.75, 3.05) is 27.2 Å². The number of nitrogens with zero attached hydrogens (tertiary/aromatic N) is 1. The molecular formula is C14H28N2. The number of likely N-dealkylation sites (N-methyl/N-ethyl adjacent to an activating group) is 1. The molecule has 2 nitrogen and oxygen atoms in total. The lowest BCUT2D eigenvalue weighted by molar-refractivity contribution is 0.120. The van der Waals surface area contributed by atoms with Crippen LogP contribution in [0.5, 0.6) is 0 Å². The van der Waals surface area contributed by atoms with Gasteiger partial charge in [0.1, 0.15) is 0 Å². The van der Waals surface area contributed by atoms with Crippen molar-refractivity contribution in [2.45, 2.75) is 46.1 Å². The van der Waals surface area contributed by atoms with Gasteiger partial charge in [-0.05, 0) is 50.1 Å². The Balaban J connectivity index is 1.94. The van der Waals surface area contributed by atoms with Gasteiger partial charge in [-0.25, -0.2) is 0 Å². The van der Waals surface area contributed by atoms with Crippen molar-refractivity contribution < 1.29 is 0 Å². The van der Waals surface area contributed by atoms with Gasteiger partial charge >= 0.3 is 0 Å². The van der Waals surface area contributed by atoms with Crippen molar-refractivity contribution in [2.24, 2.45) is 16.7 Å². The van der Waals surface area contributed by atoms with Gasteiger partial charge in [0.25, 0.3) is 0 Å². The van der Waals surface area contributed by atoms with Crippen molar-refractivity contribution in [3.05, 3.63) is 0 Å². The summed E-state index contributed by atoms with van der Waals surface area (Å²) in [7, 11) is 4.29. The zero-order valence-electron chi connectivity index (χ0n) is 11.6. The van der Waals surface area contributed by atoms with E-state index in [4.69, 9.17) is 0 Å². The monoisotopic (exact) mass is 224 g/mol. The first-order chi connectivity index (χ1) is 7.38. The first-order valence-electron chi connectivity index (χ1n) is 6.76. The van der Waals surface area contributed by atoms with E-state index in [1.807, 2.05) is 0 Å². The van der Waals surface area contributed by atoms with Gasteiger partial charge < -0.3 is 10.2 Å². The van der Waals surface area contributed by atoms with Crippen LogP contribution >= 0.6 is 0 Å². The van der Waals surface area contributed by atoms with Gasteiger partial charge in [-0.2, -0.15) is 0 Å². The number of nitrogens with one attached hydrogen (secondary N) is 1. The van der Waals surface area contributed by atoms with Crippen LogP contribution < -0.4 is 5.32 Å². The third-order valence-electron chi connectivity index (χ3n) is 5.74. The van der Waals surface area contributed by atoms with Gasteiger partial charge in [-0.1, -0.05) is 20.8 Å². The molecule has 2 saturated carbocycles. The van der Waals surface area contributed by atoms with Crippen LogP contribution in [0.15, 0.2) is 0 Å². The maximum absolute atomic E-state index is 3.80. The Kier molecular flexibility index (Phi) is 3.09. The lowest BCUT2D eigenvalue weighted by Gasteiger charge is -2.39. The fourth-order valence-corrected chi connectivity index (χ4v) is 3.97. The second kappa shape index (κ2) is 3.99. The van der Waals surface area contributed by atoms with Gasteiger partial charge in [0.05, 0.1) is 0 Å². The fraction of sp³-hybridized carbons (Fsp3) is 1.00. The van der Waals surface area contributed by atoms with E-state index in [2.05, 4.69) is 45.1 Å². The predicted molar refractivity (Wildman–Crippen MR) is 69.6 cm³/mol. The largest absolute Gasteiger partial charge is 0.312 e. The van der Waals surface area contributed by atoms with Crippen LogP contribution in [0.4, 0.5) is 0 Å². The first-order valence-corrected chi connectivity index (χ1v) is 6.76. The molecule has 2 fully saturated rings. The van der Waals surface area contributed by atoms with E-state index in [-0.39, 0.29) is 0 Å². The van der Waals surface area contributed by atoms with E-state index >= 15 is 0 Å². The molecule has 1 N–H and O–H groups in total. The molecule has 0 aliphatic heterocycles. The Bertz CT molecular complexity index is 259. The zero-order chi connectivity index (χ0) is 12.0. The molecule has 0 radical (unpaired) electrons. The molecule has 2 aliphatic carbocycles. The molecule has 0 aromatic rings. The van der Waals surface area contributed by atoms with Crippen molar-refractivity contribution in [3.8, 4) is 0 Å². The highest BCUT2D eigenvalue weighted by atomic mass is 15.1. The molecule has 0 aromatic carbocycles. The van der Waals surface area contributed by atoms with Crippen molar-refractivity contribution in [1.82, 2.24) is 10.2 Å². The summed E-state index contributed by atoms with van der Waals surface area (Å²) in [5, 5.41) is 3.80. The maximum atomic E-state index is 3.80. The summed E-state index contributed by atoms with van der Waals surface area (Å²) in [5.41, 5.74) is 1.08. The standard InChI is InChI=1S/C14H28N2/c1-13(2)11-6-7-14(13,3)12(10-11)15-8-9-16(4)5/h11-12,15H,6-10H2,1-5H3. The highest BCUT2D eigenvalue weighted by molar-refractivity contribution is 5.12. The molecule has 2 rings (SSSR count). The SMILES string of the molecule is CN(C)CCNC1CC2CCC1(C)C2(C)C. The molecule has 2 heteroatoms. The zero-order valence-corrected chi connectivity index (χ0v) is 11.6. The Morgan fingerprint density at radius 1 is 1.25 bits per heavy atom. The van der Waals surface area contributed by atoms with Crippen LogP contribution in [0.25, 0.3) is 0 Å². The Labute approximate surface area is 101 Å². The van der Waals surface area contributed by atoms with Gasteiger partial charge in [-0.3, -0.25) is 0 Å². The molecule has 0 amide bonds. The minimum atomic E-state index is 0.532. The summed E-state index contributed by atoms with van der Waals surface area (Å²) in [6, 6.07) is 0.751. The quantitative estimate of drug-likeness (QED) is 0.788. The summed E-state index contributed by atoms with van der Waals surface area (Å²) in [4.78, 5) is 2.26. The normalized spacial score (nSPS) is 40.9. The van der Waals surface area contributed by atoms with Gasteiger partial charge in [0, 0.05) is 19.1 Å². The summed E-state index contributed by atoms with van der Waals surface area (Å²) < 4.78 is 0. The van der Waals surface area contributed by atoms with Gasteiger partial charge in [-0.15, -0.1) is 0 Å². The van der Waals surface area contributed by atoms with Crippen molar-refractivity contribution >= 4 is 0 Å². The summed E-state index contributed by atoms with van der Waals surface area (Å²) >= 11 is 0. The number of fused-ring (bicyclic) bond motifs is 2. The van der Waals surface area contributed by atoms with E-state index in [9.17, 15) is 0 Å². The second-order valence-electron chi connectivity index (χ2n) is 6.92. The van der Waals surface area contributed by atoms with E-state index in [0.29, 0.717) is 10.8 Å². The fourth-order valence-electron chi connectivity index (χ4n) is 3.97. The van der Waals surface area contributed by atoms with Crippen LogP contribution in [0.1, 0.15) is 40.0 Å². The average molecular weight is 224 g/mol. The molecule has 2 aliphatic rings. The third kappa shape index (κ3) is 1.70. The summed E-state index contributed by atoms with van der Waals surface area (Å²) in [5.74, 6) is 0.953. The van der Waals surface area contributed by atoms with E-state index in [1.165, 1.54) is 19.3 Å². The molecule has 0 heterocycles. The predicted octanol–water partition coefficient (Wildman–Crippen LogP) is 2.35. The van der Waals surface area contributed by atoms with E-state index < -0.39 is 0 Å². The molecule has 0 aromatic heterocycles. The van der Waals surface area contributed by atoms with Gasteiger partial charge in [0.2, 0.25) is 0 Å². The van der Waals surface area contributed by atoms with Crippen LogP contribution in [0, 0.1) is 16.7 Å². The second-order valence-corrected chi connectivity index (χ2v) is 6.92. The third-order valence-corrected chi connectivity index (χ3v) is 5.74. The van der Waals surface area contributed by atoms with E-state index in [1.54, 1.807) is 0 Å². The number of hydrogen-bond donors (Lipinski definition) is 1. The molecule has 2 bridgehead atoms. The molecular weight excluding hydrogens is 196 g/mol. The number of rotatable bonds is 4. The minimum absolute atomic E-state index is 0.532. The minimum Gasteiger partial charge on any atom is -0.312 e. The summed E-state index contributed by atoms with van der Waals surface area (Å²) in [6.45, 7) is 9.76. The lowest BCUT2D eigenvalue weighted by Crippen LogP contribution is -2.46. The topological polar surface area (TPSA) is 15.3 Å². The first kappa shape index (κ1) is 12.4. The van der Waals surface area contributed by atoms with Crippen molar-refractivity contribution in [1.29, 1.82) is 0 Å². The molecule has 3 unspecified atom stereocenters. The van der Waals surface area contributed by atoms with E-state index in [0.717, 1.165) is 25.0 Å². The maximum Gasteiger partial charge on any atom is 0.0129 e. The Morgan fingerprint density at radius 3 is 2.38 bits per heavy atom. The number of hydrogen-bond acceptors (Lipinski definition) is 2. The summed E-state index contributed by atoms with van der Waals surface area (Å²) in [6.07, 6.45) is 4.27. The highest BCUT2D eigenvalue weighted by Gasteiger charge is 2.60. The van der Waals surface area contributed by atoms with Crippen LogP contribution in [0.3, 0.4) is 0 Å².